The Bertz CT molecular complexity index is 445. The zero-order chi connectivity index (χ0) is 15.8. The second-order valence-electron chi connectivity index (χ2n) is 5.96. The zero-order valence-electron chi connectivity index (χ0n) is 13.9. The first kappa shape index (κ1) is 17.5. The summed E-state index contributed by atoms with van der Waals surface area (Å²) in [5.74, 6) is 1.03. The number of anilines is 1. The smallest absolute Gasteiger partial charge is 0.319 e. The number of hydrogen-bond acceptors (Lipinski definition) is 2. The Morgan fingerprint density at radius 1 is 1.19 bits per heavy atom. The van der Waals surface area contributed by atoms with E-state index in [1.54, 1.807) is 0 Å². The summed E-state index contributed by atoms with van der Waals surface area (Å²) in [5.41, 5.74) is 2.00. The number of hydrogen-bond donors (Lipinski definition) is 3. The molecule has 118 valence electrons. The van der Waals surface area contributed by atoms with Gasteiger partial charge in [-0.25, -0.2) is 4.79 Å². The molecule has 0 heterocycles. The van der Waals surface area contributed by atoms with Crippen LogP contribution in [0.4, 0.5) is 10.5 Å². The van der Waals surface area contributed by atoms with Crippen molar-refractivity contribution < 1.29 is 4.79 Å². The predicted octanol–water partition coefficient (Wildman–Crippen LogP) is 3.77. The number of amides is 2. The van der Waals surface area contributed by atoms with Crippen molar-refractivity contribution in [2.24, 2.45) is 11.8 Å². The Morgan fingerprint density at radius 2 is 1.90 bits per heavy atom. The summed E-state index contributed by atoms with van der Waals surface area (Å²) in [4.78, 5) is 11.9. The van der Waals surface area contributed by atoms with Crippen LogP contribution in [0.3, 0.4) is 0 Å². The maximum absolute atomic E-state index is 11.9. The molecule has 2 unspecified atom stereocenters. The van der Waals surface area contributed by atoms with Crippen LogP contribution in [0.5, 0.6) is 0 Å². The van der Waals surface area contributed by atoms with Crippen LogP contribution in [0.25, 0.3) is 0 Å². The average Bonchev–Trinajstić information content (AvgIpc) is 2.45. The molecular weight excluding hydrogens is 262 g/mol. The largest absolute Gasteiger partial charge is 0.338 e. The van der Waals surface area contributed by atoms with Crippen molar-refractivity contribution in [3.63, 3.8) is 0 Å². The van der Waals surface area contributed by atoms with E-state index in [1.165, 1.54) is 5.56 Å². The number of urea groups is 1. The molecule has 0 aromatic heterocycles. The van der Waals surface area contributed by atoms with Gasteiger partial charge in [-0.15, -0.1) is 0 Å². The maximum atomic E-state index is 11.9. The van der Waals surface area contributed by atoms with E-state index in [9.17, 15) is 4.79 Å². The monoisotopic (exact) mass is 291 g/mol. The molecule has 3 N–H and O–H groups in total. The van der Waals surface area contributed by atoms with E-state index in [4.69, 9.17) is 0 Å². The van der Waals surface area contributed by atoms with Crippen LogP contribution in [0, 0.1) is 11.8 Å². The molecule has 21 heavy (non-hydrogen) atoms. The normalized spacial score (nSPS) is 13.8. The minimum atomic E-state index is -0.143. The first-order valence-corrected chi connectivity index (χ1v) is 7.82. The van der Waals surface area contributed by atoms with Gasteiger partial charge in [0.2, 0.25) is 0 Å². The van der Waals surface area contributed by atoms with Gasteiger partial charge < -0.3 is 16.0 Å². The van der Waals surface area contributed by atoms with Gasteiger partial charge in [-0.3, -0.25) is 0 Å². The Morgan fingerprint density at radius 3 is 2.52 bits per heavy atom. The van der Waals surface area contributed by atoms with Crippen molar-refractivity contribution >= 4 is 11.7 Å². The highest BCUT2D eigenvalue weighted by Gasteiger charge is 2.10. The molecule has 0 radical (unpaired) electrons. The standard InChI is InChI=1S/C17H29N3O/c1-6-18-14(5)15-8-7-9-16(10-15)20-17(21)19-11-13(4)12(2)3/h7-10,12-14,18H,6,11H2,1-5H3,(H2,19,20,21). The molecule has 2 amide bonds. The van der Waals surface area contributed by atoms with Crippen molar-refractivity contribution in [2.45, 2.75) is 40.7 Å². The molecule has 0 aliphatic heterocycles. The lowest BCUT2D eigenvalue weighted by Crippen LogP contribution is -2.33. The number of rotatable bonds is 7. The van der Waals surface area contributed by atoms with Crippen molar-refractivity contribution in [3.05, 3.63) is 29.8 Å². The lowest BCUT2D eigenvalue weighted by atomic mass is 9.98. The molecule has 4 heteroatoms. The van der Waals surface area contributed by atoms with Crippen molar-refractivity contribution in [3.8, 4) is 0 Å². The van der Waals surface area contributed by atoms with E-state index in [-0.39, 0.29) is 12.1 Å². The molecule has 0 spiro atoms. The predicted molar refractivity (Wildman–Crippen MR) is 89.6 cm³/mol. The minimum absolute atomic E-state index is 0.143. The summed E-state index contributed by atoms with van der Waals surface area (Å²) in [6.45, 7) is 12.3. The van der Waals surface area contributed by atoms with Gasteiger partial charge in [0.05, 0.1) is 0 Å². The van der Waals surface area contributed by atoms with Gasteiger partial charge in [-0.1, -0.05) is 39.8 Å². The van der Waals surface area contributed by atoms with Crippen LogP contribution in [0.2, 0.25) is 0 Å². The molecule has 1 aromatic rings. The topological polar surface area (TPSA) is 53.2 Å². The third-order valence-electron chi connectivity index (χ3n) is 3.88. The third-order valence-corrected chi connectivity index (χ3v) is 3.88. The van der Waals surface area contributed by atoms with E-state index in [0.29, 0.717) is 18.4 Å². The average molecular weight is 291 g/mol. The van der Waals surface area contributed by atoms with Crippen molar-refractivity contribution in [1.29, 1.82) is 0 Å². The van der Waals surface area contributed by atoms with E-state index in [0.717, 1.165) is 12.2 Å². The summed E-state index contributed by atoms with van der Waals surface area (Å²) < 4.78 is 0. The fraction of sp³-hybridized carbons (Fsp3) is 0.588. The molecule has 0 bridgehead atoms. The fourth-order valence-electron chi connectivity index (χ4n) is 1.97. The van der Waals surface area contributed by atoms with Gasteiger partial charge >= 0.3 is 6.03 Å². The second kappa shape index (κ2) is 8.67. The van der Waals surface area contributed by atoms with Crippen LogP contribution in [-0.4, -0.2) is 19.1 Å². The molecule has 1 aromatic carbocycles. The van der Waals surface area contributed by atoms with Crippen LogP contribution in [-0.2, 0) is 0 Å². The van der Waals surface area contributed by atoms with Crippen LogP contribution in [0.15, 0.2) is 24.3 Å². The highest BCUT2D eigenvalue weighted by atomic mass is 16.2. The van der Waals surface area contributed by atoms with Gasteiger partial charge in [0.25, 0.3) is 0 Å². The molecule has 0 aliphatic carbocycles. The molecule has 4 nitrogen and oxygen atoms in total. The molecule has 0 saturated heterocycles. The quantitative estimate of drug-likeness (QED) is 0.716. The lowest BCUT2D eigenvalue weighted by Gasteiger charge is -2.17. The summed E-state index contributed by atoms with van der Waals surface area (Å²) in [7, 11) is 0. The Labute approximate surface area is 128 Å². The van der Waals surface area contributed by atoms with Crippen molar-refractivity contribution in [1.82, 2.24) is 10.6 Å². The molecule has 2 atom stereocenters. The van der Waals surface area contributed by atoms with E-state index in [2.05, 4.69) is 56.6 Å². The lowest BCUT2D eigenvalue weighted by molar-refractivity contribution is 0.249. The van der Waals surface area contributed by atoms with E-state index in [1.807, 2.05) is 18.2 Å². The van der Waals surface area contributed by atoms with Gasteiger partial charge in [-0.2, -0.15) is 0 Å². The van der Waals surface area contributed by atoms with E-state index >= 15 is 0 Å². The number of benzene rings is 1. The van der Waals surface area contributed by atoms with Crippen LogP contribution < -0.4 is 16.0 Å². The summed E-state index contributed by atoms with van der Waals surface area (Å²) in [6, 6.07) is 8.09. The van der Waals surface area contributed by atoms with Gasteiger partial charge in [0.15, 0.2) is 0 Å². The minimum Gasteiger partial charge on any atom is -0.338 e. The Hall–Kier alpha value is -1.55. The summed E-state index contributed by atoms with van der Waals surface area (Å²) in [6.07, 6.45) is 0. The van der Waals surface area contributed by atoms with Crippen LogP contribution in [0.1, 0.15) is 46.2 Å². The van der Waals surface area contributed by atoms with Gasteiger partial charge in [-0.05, 0) is 43.0 Å². The summed E-state index contributed by atoms with van der Waals surface area (Å²) >= 11 is 0. The fourth-order valence-corrected chi connectivity index (χ4v) is 1.97. The second-order valence-corrected chi connectivity index (χ2v) is 5.96. The first-order valence-electron chi connectivity index (χ1n) is 7.82. The van der Waals surface area contributed by atoms with Gasteiger partial charge in [0, 0.05) is 18.3 Å². The number of carbonyl (C=O) groups is 1. The van der Waals surface area contributed by atoms with Crippen LogP contribution >= 0.6 is 0 Å². The SMILES string of the molecule is CCNC(C)c1cccc(NC(=O)NCC(C)C(C)C)c1. The first-order chi connectivity index (χ1) is 9.93. The van der Waals surface area contributed by atoms with Gasteiger partial charge in [0.1, 0.15) is 0 Å². The third kappa shape index (κ3) is 6.17. The Kier molecular flexibility index (Phi) is 7.23. The number of nitrogens with one attached hydrogen (secondary N) is 3. The highest BCUT2D eigenvalue weighted by molar-refractivity contribution is 5.89. The Balaban J connectivity index is 2.54. The molecule has 1 rings (SSSR count). The van der Waals surface area contributed by atoms with E-state index < -0.39 is 0 Å². The molecule has 0 fully saturated rings. The van der Waals surface area contributed by atoms with Crippen molar-refractivity contribution in [2.75, 3.05) is 18.4 Å². The zero-order valence-corrected chi connectivity index (χ0v) is 13.9. The molecule has 0 saturated carbocycles. The highest BCUT2D eigenvalue weighted by Crippen LogP contribution is 2.17. The number of carbonyl (C=O) groups excluding carboxylic acids is 1. The maximum Gasteiger partial charge on any atom is 0.319 e. The summed E-state index contributed by atoms with van der Waals surface area (Å²) in [5, 5.41) is 9.18. The molecule has 0 aliphatic rings. The molecular formula is C17H29N3O.